The van der Waals surface area contributed by atoms with Gasteiger partial charge in [-0.3, -0.25) is 4.79 Å². The number of fused-ring (bicyclic) bond motifs is 1. The number of nitrogens with zero attached hydrogens (tertiary/aromatic N) is 2. The molecule has 1 aliphatic carbocycles. The molecule has 0 aliphatic heterocycles. The van der Waals surface area contributed by atoms with Gasteiger partial charge in [0.15, 0.2) is 10.9 Å². The molecule has 0 fully saturated rings. The third kappa shape index (κ3) is 2.74. The molecule has 0 N–H and O–H groups in total. The first-order valence-electron chi connectivity index (χ1n) is 6.67. The number of carbonyl (C=O) groups excluding carboxylic acids is 1. The number of carbonyl (C=O) groups is 1. The Labute approximate surface area is 113 Å². The summed E-state index contributed by atoms with van der Waals surface area (Å²) >= 11 is 1.57. The Bertz CT molecular complexity index is 451. The van der Waals surface area contributed by atoms with Crippen LogP contribution >= 0.6 is 11.3 Å². The molecular weight excluding hydrogens is 244 g/mol. The molecule has 0 unspecified atom stereocenters. The van der Waals surface area contributed by atoms with Crippen LogP contribution in [-0.4, -0.2) is 24.4 Å². The first-order chi connectivity index (χ1) is 8.43. The van der Waals surface area contributed by atoms with Crippen LogP contribution < -0.4 is 4.90 Å². The van der Waals surface area contributed by atoms with Crippen LogP contribution in [0.15, 0.2) is 0 Å². The number of unbranched alkanes of at least 4 members (excludes halogenated alkanes) is 1. The summed E-state index contributed by atoms with van der Waals surface area (Å²) < 4.78 is 0. The largest absolute Gasteiger partial charge is 0.351 e. The lowest BCUT2D eigenvalue weighted by molar-refractivity contribution is 0.0916. The number of rotatable bonds is 4. The van der Waals surface area contributed by atoms with Crippen molar-refractivity contribution in [3.05, 3.63) is 10.6 Å². The Kier molecular flexibility index (Phi) is 3.76. The summed E-state index contributed by atoms with van der Waals surface area (Å²) in [6, 6.07) is 0. The number of aromatic nitrogens is 1. The molecule has 4 heteroatoms. The van der Waals surface area contributed by atoms with Gasteiger partial charge in [0, 0.05) is 20.0 Å². The van der Waals surface area contributed by atoms with Crippen LogP contribution in [0.4, 0.5) is 5.13 Å². The van der Waals surface area contributed by atoms with E-state index in [1.807, 2.05) is 0 Å². The molecule has 1 aromatic heterocycles. The standard InChI is InChI=1S/C14H22N2OS/c1-5-6-7-16(4)13-15-10-8-14(2,3)9-11(17)12(10)18-13/h5-9H2,1-4H3. The summed E-state index contributed by atoms with van der Waals surface area (Å²) in [5.74, 6) is 0.272. The summed E-state index contributed by atoms with van der Waals surface area (Å²) in [5, 5.41) is 1.000. The van der Waals surface area contributed by atoms with Gasteiger partial charge in [0.1, 0.15) is 0 Å². The van der Waals surface area contributed by atoms with Gasteiger partial charge in [0.2, 0.25) is 0 Å². The van der Waals surface area contributed by atoms with Crippen molar-refractivity contribution in [1.82, 2.24) is 4.98 Å². The van der Waals surface area contributed by atoms with Crippen LogP contribution in [0.2, 0.25) is 0 Å². The van der Waals surface area contributed by atoms with Gasteiger partial charge >= 0.3 is 0 Å². The minimum Gasteiger partial charge on any atom is -0.351 e. The lowest BCUT2D eigenvalue weighted by Crippen LogP contribution is -2.26. The molecule has 1 heterocycles. The van der Waals surface area contributed by atoms with Crippen LogP contribution in [0.3, 0.4) is 0 Å². The molecule has 1 aromatic rings. The summed E-state index contributed by atoms with van der Waals surface area (Å²) in [7, 11) is 2.07. The molecule has 0 atom stereocenters. The van der Waals surface area contributed by atoms with Gasteiger partial charge in [-0.1, -0.05) is 38.5 Å². The zero-order chi connectivity index (χ0) is 13.3. The number of hydrogen-bond acceptors (Lipinski definition) is 4. The number of thiazole rings is 1. The molecule has 3 nitrogen and oxygen atoms in total. The Balaban J connectivity index is 2.21. The summed E-state index contributed by atoms with van der Waals surface area (Å²) in [5.41, 5.74) is 1.08. The van der Waals surface area contributed by atoms with Crippen molar-refractivity contribution < 1.29 is 4.79 Å². The molecule has 0 aromatic carbocycles. The van der Waals surface area contributed by atoms with E-state index >= 15 is 0 Å². The van der Waals surface area contributed by atoms with Gasteiger partial charge in [0.05, 0.1) is 10.6 Å². The summed E-state index contributed by atoms with van der Waals surface area (Å²) in [4.78, 5) is 19.8. The number of ketones is 1. The van der Waals surface area contributed by atoms with Gasteiger partial charge < -0.3 is 4.90 Å². The molecule has 0 saturated heterocycles. The molecular formula is C14H22N2OS. The predicted molar refractivity (Wildman–Crippen MR) is 76.7 cm³/mol. The average molecular weight is 266 g/mol. The minimum atomic E-state index is 0.0669. The molecule has 0 spiro atoms. The van der Waals surface area contributed by atoms with E-state index < -0.39 is 0 Å². The Hall–Kier alpha value is -0.900. The van der Waals surface area contributed by atoms with Crippen LogP contribution in [0.5, 0.6) is 0 Å². The van der Waals surface area contributed by atoms with E-state index in [0.29, 0.717) is 6.42 Å². The average Bonchev–Trinajstić information content (AvgIpc) is 2.68. The minimum absolute atomic E-state index is 0.0669. The van der Waals surface area contributed by atoms with E-state index in [0.717, 1.165) is 28.7 Å². The quantitative estimate of drug-likeness (QED) is 0.836. The zero-order valence-electron chi connectivity index (χ0n) is 11.7. The molecule has 0 radical (unpaired) electrons. The zero-order valence-corrected chi connectivity index (χ0v) is 12.6. The first kappa shape index (κ1) is 13.5. The molecule has 0 bridgehead atoms. The third-order valence-corrected chi connectivity index (χ3v) is 4.65. The van der Waals surface area contributed by atoms with E-state index in [1.54, 1.807) is 11.3 Å². The Morgan fingerprint density at radius 3 is 2.78 bits per heavy atom. The van der Waals surface area contributed by atoms with Crippen molar-refractivity contribution >= 4 is 22.3 Å². The number of Topliss-reactive ketones (excluding diaryl/α,β-unsaturated/α-hetero) is 1. The lowest BCUT2D eigenvalue weighted by Gasteiger charge is -2.26. The maximum atomic E-state index is 12.1. The van der Waals surface area contributed by atoms with E-state index in [4.69, 9.17) is 0 Å². The predicted octanol–water partition coefficient (Wildman–Crippen LogP) is 3.53. The molecule has 0 saturated carbocycles. The van der Waals surface area contributed by atoms with Crippen LogP contribution in [-0.2, 0) is 6.42 Å². The molecule has 2 rings (SSSR count). The highest BCUT2D eigenvalue weighted by molar-refractivity contribution is 7.17. The second-order valence-electron chi connectivity index (χ2n) is 5.99. The lowest BCUT2D eigenvalue weighted by atomic mass is 9.78. The van der Waals surface area contributed by atoms with Gasteiger partial charge in [-0.2, -0.15) is 0 Å². The maximum Gasteiger partial charge on any atom is 0.185 e. The number of anilines is 1. The highest BCUT2D eigenvalue weighted by Crippen LogP contribution is 2.38. The summed E-state index contributed by atoms with van der Waals surface area (Å²) in [6.45, 7) is 7.49. The summed E-state index contributed by atoms with van der Waals surface area (Å²) in [6.07, 6.45) is 3.92. The fraction of sp³-hybridized carbons (Fsp3) is 0.714. The smallest absolute Gasteiger partial charge is 0.185 e. The van der Waals surface area contributed by atoms with Gasteiger partial charge in [-0.15, -0.1) is 0 Å². The van der Waals surface area contributed by atoms with Gasteiger partial charge in [-0.05, 0) is 18.3 Å². The molecule has 1 aliphatic rings. The maximum absolute atomic E-state index is 12.1. The second-order valence-corrected chi connectivity index (χ2v) is 6.97. The topological polar surface area (TPSA) is 33.2 Å². The SMILES string of the molecule is CCCCN(C)c1nc2c(s1)C(=O)CC(C)(C)C2. The van der Waals surface area contributed by atoms with Crippen LogP contribution in [0.1, 0.15) is 55.4 Å². The number of hydrogen-bond donors (Lipinski definition) is 0. The fourth-order valence-corrected chi connectivity index (χ4v) is 3.37. The molecule has 0 amide bonds. The molecule has 18 heavy (non-hydrogen) atoms. The van der Waals surface area contributed by atoms with Crippen molar-refractivity contribution in [3.8, 4) is 0 Å². The second kappa shape index (κ2) is 5.00. The molecule has 100 valence electrons. The van der Waals surface area contributed by atoms with Gasteiger partial charge in [-0.25, -0.2) is 4.98 Å². The Morgan fingerprint density at radius 1 is 1.39 bits per heavy atom. The Morgan fingerprint density at radius 2 is 2.11 bits per heavy atom. The monoisotopic (exact) mass is 266 g/mol. The van der Waals surface area contributed by atoms with Gasteiger partial charge in [0.25, 0.3) is 0 Å². The van der Waals surface area contributed by atoms with E-state index in [1.165, 1.54) is 12.8 Å². The van der Waals surface area contributed by atoms with Crippen molar-refractivity contribution in [3.63, 3.8) is 0 Å². The van der Waals surface area contributed by atoms with E-state index in [2.05, 4.69) is 37.7 Å². The van der Waals surface area contributed by atoms with Crippen molar-refractivity contribution in [2.24, 2.45) is 5.41 Å². The van der Waals surface area contributed by atoms with E-state index in [-0.39, 0.29) is 11.2 Å². The van der Waals surface area contributed by atoms with Crippen molar-refractivity contribution in [1.29, 1.82) is 0 Å². The third-order valence-electron chi connectivity index (χ3n) is 3.40. The van der Waals surface area contributed by atoms with E-state index in [9.17, 15) is 4.79 Å². The highest BCUT2D eigenvalue weighted by atomic mass is 32.1. The first-order valence-corrected chi connectivity index (χ1v) is 7.48. The van der Waals surface area contributed by atoms with Crippen LogP contribution in [0, 0.1) is 5.41 Å². The highest BCUT2D eigenvalue weighted by Gasteiger charge is 2.34. The fourth-order valence-electron chi connectivity index (χ4n) is 2.36. The van der Waals surface area contributed by atoms with Crippen molar-refractivity contribution in [2.75, 3.05) is 18.5 Å². The van der Waals surface area contributed by atoms with Crippen molar-refractivity contribution in [2.45, 2.75) is 46.5 Å². The van der Waals surface area contributed by atoms with Crippen LogP contribution in [0.25, 0.3) is 0 Å². The normalized spacial score (nSPS) is 17.7.